The van der Waals surface area contributed by atoms with Crippen molar-refractivity contribution < 1.29 is 9.53 Å². The van der Waals surface area contributed by atoms with Crippen LogP contribution in [0.1, 0.15) is 29.0 Å². The lowest BCUT2D eigenvalue weighted by Gasteiger charge is -2.07. The monoisotopic (exact) mass is 291 g/mol. The Morgan fingerprint density at radius 1 is 1.40 bits per heavy atom. The summed E-state index contributed by atoms with van der Waals surface area (Å²) in [5.74, 6) is 0.325. The number of benzene rings is 1. The zero-order valence-corrected chi connectivity index (χ0v) is 12.5. The van der Waals surface area contributed by atoms with Crippen molar-refractivity contribution in [3.8, 4) is 5.75 Å². The highest BCUT2D eigenvalue weighted by Crippen LogP contribution is 2.23. The van der Waals surface area contributed by atoms with E-state index in [1.807, 2.05) is 25.4 Å². The fourth-order valence-corrected chi connectivity index (χ4v) is 2.49. The number of nitrogens with zero attached hydrogens (tertiary/aromatic N) is 1. The van der Waals surface area contributed by atoms with Gasteiger partial charge in [-0.05, 0) is 26.1 Å². The fraction of sp³-hybridized carbons (Fsp3) is 0.286. The van der Waals surface area contributed by atoms with Crippen LogP contribution in [0.2, 0.25) is 0 Å². The zero-order chi connectivity index (χ0) is 14.5. The van der Waals surface area contributed by atoms with Gasteiger partial charge in [0.25, 0.3) is 5.91 Å². The second kappa shape index (κ2) is 6.49. The van der Waals surface area contributed by atoms with Crippen molar-refractivity contribution in [1.82, 2.24) is 10.3 Å². The molecule has 0 saturated heterocycles. The molecule has 1 atom stereocenters. The summed E-state index contributed by atoms with van der Waals surface area (Å²) in [4.78, 5) is 16.6. The molecular weight excluding hydrogens is 274 g/mol. The van der Waals surface area contributed by atoms with Crippen molar-refractivity contribution in [2.75, 3.05) is 19.5 Å². The average molecular weight is 291 g/mol. The average Bonchev–Trinajstić information content (AvgIpc) is 2.94. The van der Waals surface area contributed by atoms with Crippen LogP contribution >= 0.6 is 11.3 Å². The van der Waals surface area contributed by atoms with Crippen molar-refractivity contribution in [2.24, 2.45) is 0 Å². The quantitative estimate of drug-likeness (QED) is 0.889. The predicted octanol–water partition coefficient (Wildman–Crippen LogP) is 2.68. The number of carbonyl (C=O) groups excluding carboxylic acids is 1. The molecule has 1 amide bonds. The Hall–Kier alpha value is -1.92. The van der Waals surface area contributed by atoms with Gasteiger partial charge in [0.1, 0.15) is 5.75 Å². The van der Waals surface area contributed by atoms with Crippen molar-refractivity contribution in [1.29, 1.82) is 0 Å². The van der Waals surface area contributed by atoms with Gasteiger partial charge in [-0.3, -0.25) is 10.1 Å². The number of hydrogen-bond donors (Lipinski definition) is 2. The van der Waals surface area contributed by atoms with Gasteiger partial charge in [-0.15, -0.1) is 11.3 Å². The van der Waals surface area contributed by atoms with Crippen LogP contribution in [-0.4, -0.2) is 25.0 Å². The van der Waals surface area contributed by atoms with Crippen molar-refractivity contribution >= 4 is 22.4 Å². The molecule has 6 heteroatoms. The van der Waals surface area contributed by atoms with Gasteiger partial charge in [0, 0.05) is 11.4 Å². The SMILES string of the molecule is CNC(C)c1csc(NC(=O)c2ccccc2OC)n1. The summed E-state index contributed by atoms with van der Waals surface area (Å²) in [6, 6.07) is 7.26. The minimum Gasteiger partial charge on any atom is -0.496 e. The Balaban J connectivity index is 2.13. The predicted molar refractivity (Wildman–Crippen MR) is 80.5 cm³/mol. The van der Waals surface area contributed by atoms with E-state index in [2.05, 4.69) is 15.6 Å². The van der Waals surface area contributed by atoms with Crippen LogP contribution < -0.4 is 15.4 Å². The van der Waals surface area contributed by atoms with Crippen LogP contribution in [-0.2, 0) is 0 Å². The van der Waals surface area contributed by atoms with Gasteiger partial charge in [0.15, 0.2) is 5.13 Å². The third-order valence-electron chi connectivity index (χ3n) is 2.97. The molecule has 0 radical (unpaired) electrons. The summed E-state index contributed by atoms with van der Waals surface area (Å²) < 4.78 is 5.18. The number of ether oxygens (including phenoxy) is 1. The normalized spacial score (nSPS) is 11.9. The number of nitrogens with one attached hydrogen (secondary N) is 2. The summed E-state index contributed by atoms with van der Waals surface area (Å²) in [6.45, 7) is 2.01. The van der Waals surface area contributed by atoms with Crippen LogP contribution in [0.3, 0.4) is 0 Å². The van der Waals surface area contributed by atoms with E-state index < -0.39 is 0 Å². The Kier molecular flexibility index (Phi) is 4.70. The standard InChI is InChI=1S/C14H17N3O2S/c1-9(15-2)11-8-20-14(16-11)17-13(18)10-6-4-5-7-12(10)19-3/h4-9,15H,1-3H3,(H,16,17,18). The molecule has 1 aromatic carbocycles. The molecule has 0 saturated carbocycles. The minimum absolute atomic E-state index is 0.156. The first-order valence-electron chi connectivity index (χ1n) is 6.22. The molecule has 0 aliphatic rings. The molecule has 106 valence electrons. The molecule has 1 heterocycles. The Labute approximate surface area is 122 Å². The summed E-state index contributed by atoms with van der Waals surface area (Å²) in [5, 5.41) is 8.41. The number of rotatable bonds is 5. The molecule has 2 aromatic rings. The number of anilines is 1. The fourth-order valence-electron chi connectivity index (χ4n) is 1.69. The largest absolute Gasteiger partial charge is 0.496 e. The van der Waals surface area contributed by atoms with Gasteiger partial charge in [-0.2, -0.15) is 0 Å². The van der Waals surface area contributed by atoms with E-state index in [9.17, 15) is 4.79 Å². The molecule has 1 aromatic heterocycles. The van der Waals surface area contributed by atoms with Crippen molar-refractivity contribution in [3.63, 3.8) is 0 Å². The van der Waals surface area contributed by atoms with Crippen molar-refractivity contribution in [3.05, 3.63) is 40.9 Å². The third-order valence-corrected chi connectivity index (χ3v) is 3.75. The Bertz CT molecular complexity index is 598. The number of para-hydroxylation sites is 1. The van der Waals surface area contributed by atoms with E-state index in [0.29, 0.717) is 16.4 Å². The highest BCUT2D eigenvalue weighted by atomic mass is 32.1. The number of carbonyl (C=O) groups is 1. The first-order valence-corrected chi connectivity index (χ1v) is 7.10. The topological polar surface area (TPSA) is 63.2 Å². The summed E-state index contributed by atoms with van der Waals surface area (Å²) >= 11 is 1.41. The molecule has 0 spiro atoms. The van der Waals surface area contributed by atoms with E-state index in [-0.39, 0.29) is 11.9 Å². The van der Waals surface area contributed by atoms with Crippen molar-refractivity contribution in [2.45, 2.75) is 13.0 Å². The lowest BCUT2D eigenvalue weighted by molar-refractivity contribution is 0.102. The smallest absolute Gasteiger partial charge is 0.261 e. The lowest BCUT2D eigenvalue weighted by atomic mass is 10.2. The van der Waals surface area contributed by atoms with E-state index >= 15 is 0 Å². The second-order valence-electron chi connectivity index (χ2n) is 4.24. The molecule has 2 rings (SSSR count). The minimum atomic E-state index is -0.222. The number of hydrogen-bond acceptors (Lipinski definition) is 5. The molecule has 5 nitrogen and oxygen atoms in total. The molecule has 2 N–H and O–H groups in total. The van der Waals surface area contributed by atoms with Gasteiger partial charge in [-0.1, -0.05) is 12.1 Å². The summed E-state index contributed by atoms with van der Waals surface area (Å²) in [5.41, 5.74) is 1.40. The van der Waals surface area contributed by atoms with Gasteiger partial charge >= 0.3 is 0 Å². The maximum Gasteiger partial charge on any atom is 0.261 e. The van der Waals surface area contributed by atoms with Crippen LogP contribution in [0.25, 0.3) is 0 Å². The second-order valence-corrected chi connectivity index (χ2v) is 5.10. The summed E-state index contributed by atoms with van der Waals surface area (Å²) in [7, 11) is 3.42. The van der Waals surface area contributed by atoms with Gasteiger partial charge in [0.2, 0.25) is 0 Å². The maximum atomic E-state index is 12.2. The highest BCUT2D eigenvalue weighted by Gasteiger charge is 2.14. The van der Waals surface area contributed by atoms with Gasteiger partial charge in [0.05, 0.1) is 18.4 Å². The lowest BCUT2D eigenvalue weighted by Crippen LogP contribution is -2.14. The molecule has 0 fully saturated rings. The third kappa shape index (κ3) is 3.15. The molecule has 0 bridgehead atoms. The number of amides is 1. The zero-order valence-electron chi connectivity index (χ0n) is 11.6. The molecule has 0 aliphatic carbocycles. The van der Waals surface area contributed by atoms with Crippen LogP contribution in [0.15, 0.2) is 29.6 Å². The van der Waals surface area contributed by atoms with E-state index in [4.69, 9.17) is 4.74 Å². The van der Waals surface area contributed by atoms with E-state index in [1.54, 1.807) is 25.3 Å². The molecule has 0 aliphatic heterocycles. The highest BCUT2D eigenvalue weighted by molar-refractivity contribution is 7.14. The van der Waals surface area contributed by atoms with Gasteiger partial charge in [-0.25, -0.2) is 4.98 Å². The molecule has 1 unspecified atom stereocenters. The van der Waals surface area contributed by atoms with Gasteiger partial charge < -0.3 is 10.1 Å². The molecular formula is C14H17N3O2S. The first kappa shape index (κ1) is 14.5. The first-order chi connectivity index (χ1) is 9.65. The van der Waals surface area contributed by atoms with Crippen LogP contribution in [0.4, 0.5) is 5.13 Å². The molecule has 20 heavy (non-hydrogen) atoms. The Morgan fingerprint density at radius 3 is 2.85 bits per heavy atom. The number of aromatic nitrogens is 1. The Morgan fingerprint density at radius 2 is 2.15 bits per heavy atom. The number of thiazole rings is 1. The summed E-state index contributed by atoms with van der Waals surface area (Å²) in [6.07, 6.45) is 0. The maximum absolute atomic E-state index is 12.2. The number of methoxy groups -OCH3 is 1. The van der Waals surface area contributed by atoms with Crippen LogP contribution in [0.5, 0.6) is 5.75 Å². The van der Waals surface area contributed by atoms with Crippen LogP contribution in [0, 0.1) is 0 Å². The van der Waals surface area contributed by atoms with E-state index in [1.165, 1.54) is 11.3 Å². The van der Waals surface area contributed by atoms with E-state index in [0.717, 1.165) is 5.69 Å².